The van der Waals surface area contributed by atoms with Gasteiger partial charge in [-0.05, 0) is 62.3 Å². The number of nitrogens with zero attached hydrogens (tertiary/aromatic N) is 2. The number of nitrogens with one attached hydrogen (secondary N) is 1. The molecule has 0 radical (unpaired) electrons. The lowest BCUT2D eigenvalue weighted by atomic mass is 9.89. The van der Waals surface area contributed by atoms with E-state index in [1.165, 1.54) is 28.8 Å². The molecule has 4 rings (SSSR count). The van der Waals surface area contributed by atoms with Crippen molar-refractivity contribution in [1.82, 2.24) is 14.5 Å². The highest BCUT2D eigenvalue weighted by atomic mass is 19.1. The zero-order valence-electron chi connectivity index (χ0n) is 20.4. The van der Waals surface area contributed by atoms with Gasteiger partial charge in [-0.15, -0.1) is 0 Å². The summed E-state index contributed by atoms with van der Waals surface area (Å²) in [7, 11) is 0. The van der Waals surface area contributed by atoms with Crippen molar-refractivity contribution in [2.24, 2.45) is 5.92 Å². The van der Waals surface area contributed by atoms with Crippen LogP contribution < -0.4 is 11.2 Å². The van der Waals surface area contributed by atoms with Crippen LogP contribution in [0.4, 0.5) is 4.39 Å². The van der Waals surface area contributed by atoms with E-state index in [2.05, 4.69) is 9.88 Å². The second kappa shape index (κ2) is 12.9. The molecule has 0 saturated carbocycles. The van der Waals surface area contributed by atoms with Gasteiger partial charge in [0.2, 0.25) is 0 Å². The Kier molecular flexibility index (Phi) is 9.63. The van der Waals surface area contributed by atoms with Crippen LogP contribution >= 0.6 is 0 Å². The first-order chi connectivity index (χ1) is 18.1. The first-order valence-corrected chi connectivity index (χ1v) is 11.9. The number of aromatic nitrogens is 2. The number of rotatable bonds is 8. The third-order valence-corrected chi connectivity index (χ3v) is 6.27. The Morgan fingerprint density at radius 1 is 0.974 bits per heavy atom. The molecule has 1 atom stereocenters. The van der Waals surface area contributed by atoms with Gasteiger partial charge in [-0.2, -0.15) is 0 Å². The SMILES string of the molecule is O=C(O)CC(O)C(=O)O.O=C(c1ccc(F)cc1)C1CCN(CCn2c(=O)[nH]c3ccccc3c2=O)CC1. The number of H-pyrrole nitrogens is 1. The number of aliphatic hydroxyl groups is 1. The predicted octanol–water partition coefficient (Wildman–Crippen LogP) is 1.33. The van der Waals surface area contributed by atoms with E-state index in [1.807, 2.05) is 0 Å². The second-order valence-corrected chi connectivity index (χ2v) is 8.87. The molecule has 38 heavy (non-hydrogen) atoms. The Bertz CT molecular complexity index is 1410. The summed E-state index contributed by atoms with van der Waals surface area (Å²) in [5, 5.41) is 24.6. The van der Waals surface area contributed by atoms with E-state index in [-0.39, 0.29) is 23.1 Å². The molecular formula is C26H28FN3O8. The fourth-order valence-corrected chi connectivity index (χ4v) is 4.16. The molecule has 2 aromatic carbocycles. The zero-order valence-corrected chi connectivity index (χ0v) is 20.4. The maximum atomic E-state index is 13.0. The average Bonchev–Trinajstić information content (AvgIpc) is 2.89. The van der Waals surface area contributed by atoms with E-state index in [1.54, 1.807) is 24.3 Å². The normalized spacial score (nSPS) is 14.9. The van der Waals surface area contributed by atoms with Gasteiger partial charge in [0.25, 0.3) is 5.56 Å². The number of hydrogen-bond acceptors (Lipinski definition) is 7. The molecule has 0 aliphatic carbocycles. The summed E-state index contributed by atoms with van der Waals surface area (Å²) in [5.41, 5.74) is 0.388. The van der Waals surface area contributed by atoms with Gasteiger partial charge in [-0.1, -0.05) is 12.1 Å². The van der Waals surface area contributed by atoms with Crippen molar-refractivity contribution in [2.45, 2.75) is 31.9 Å². The van der Waals surface area contributed by atoms with Crippen LogP contribution in [0.15, 0.2) is 58.1 Å². The molecular weight excluding hydrogens is 501 g/mol. The number of aliphatic hydroxyl groups excluding tert-OH is 1. The Labute approximate surface area is 215 Å². The summed E-state index contributed by atoms with van der Waals surface area (Å²) in [5.74, 6) is -3.23. The van der Waals surface area contributed by atoms with Gasteiger partial charge in [0, 0.05) is 24.6 Å². The zero-order chi connectivity index (χ0) is 27.8. The highest BCUT2D eigenvalue weighted by Gasteiger charge is 2.26. The number of carboxylic acid groups (broad SMARTS) is 2. The molecule has 0 spiro atoms. The third-order valence-electron chi connectivity index (χ3n) is 6.27. The number of fused-ring (bicyclic) bond motifs is 1. The van der Waals surface area contributed by atoms with Crippen LogP contribution in [0.5, 0.6) is 0 Å². The van der Waals surface area contributed by atoms with E-state index in [0.29, 0.717) is 42.4 Å². The average molecular weight is 530 g/mol. The minimum absolute atomic E-state index is 0.0480. The van der Waals surface area contributed by atoms with Crippen molar-refractivity contribution in [3.8, 4) is 0 Å². The molecule has 1 unspecified atom stereocenters. The molecule has 0 amide bonds. The van der Waals surface area contributed by atoms with Crippen molar-refractivity contribution >= 4 is 28.6 Å². The molecule has 1 aromatic heterocycles. The van der Waals surface area contributed by atoms with Crippen molar-refractivity contribution in [3.05, 3.63) is 80.7 Å². The Hall–Kier alpha value is -4.16. The second-order valence-electron chi connectivity index (χ2n) is 8.87. The van der Waals surface area contributed by atoms with Crippen molar-refractivity contribution in [2.75, 3.05) is 19.6 Å². The number of para-hydroxylation sites is 1. The Morgan fingerprint density at radius 2 is 1.61 bits per heavy atom. The summed E-state index contributed by atoms with van der Waals surface area (Å²) >= 11 is 0. The summed E-state index contributed by atoms with van der Waals surface area (Å²) in [4.78, 5) is 61.8. The third kappa shape index (κ3) is 7.43. The molecule has 3 aromatic rings. The molecule has 12 heteroatoms. The predicted molar refractivity (Wildman–Crippen MR) is 135 cm³/mol. The van der Waals surface area contributed by atoms with E-state index >= 15 is 0 Å². The largest absolute Gasteiger partial charge is 0.481 e. The lowest BCUT2D eigenvalue weighted by Gasteiger charge is -2.31. The number of aromatic amines is 1. The van der Waals surface area contributed by atoms with E-state index in [9.17, 15) is 28.4 Å². The van der Waals surface area contributed by atoms with Crippen LogP contribution in [0.25, 0.3) is 10.9 Å². The van der Waals surface area contributed by atoms with Crippen LogP contribution in [0.1, 0.15) is 29.6 Å². The smallest absolute Gasteiger partial charge is 0.333 e. The van der Waals surface area contributed by atoms with Crippen LogP contribution in [0.3, 0.4) is 0 Å². The molecule has 11 nitrogen and oxygen atoms in total. The number of piperidine rings is 1. The number of benzene rings is 2. The number of likely N-dealkylation sites (tertiary alicyclic amines) is 1. The van der Waals surface area contributed by atoms with Gasteiger partial charge in [0.1, 0.15) is 5.82 Å². The molecule has 1 saturated heterocycles. The lowest BCUT2D eigenvalue weighted by molar-refractivity contribution is -0.152. The summed E-state index contributed by atoms with van der Waals surface area (Å²) < 4.78 is 14.3. The molecule has 2 heterocycles. The fourth-order valence-electron chi connectivity index (χ4n) is 4.16. The fraction of sp³-hybridized carbons (Fsp3) is 0.346. The van der Waals surface area contributed by atoms with Gasteiger partial charge in [0.15, 0.2) is 11.9 Å². The molecule has 0 bridgehead atoms. The van der Waals surface area contributed by atoms with E-state index in [4.69, 9.17) is 15.3 Å². The summed E-state index contributed by atoms with van der Waals surface area (Å²) in [6.07, 6.45) is -1.13. The maximum Gasteiger partial charge on any atom is 0.333 e. The number of Topliss-reactive ketones (excluding diaryl/α,β-unsaturated/α-hetero) is 1. The Balaban J connectivity index is 0.000000383. The Morgan fingerprint density at radius 3 is 2.18 bits per heavy atom. The maximum absolute atomic E-state index is 13.0. The molecule has 1 aliphatic heterocycles. The van der Waals surface area contributed by atoms with Crippen LogP contribution in [-0.4, -0.2) is 73.2 Å². The molecule has 4 N–H and O–H groups in total. The summed E-state index contributed by atoms with van der Waals surface area (Å²) in [6.45, 7) is 2.31. The lowest BCUT2D eigenvalue weighted by Crippen LogP contribution is -2.42. The monoisotopic (exact) mass is 529 g/mol. The topological polar surface area (TPSA) is 170 Å². The number of carbonyl (C=O) groups excluding carboxylic acids is 1. The minimum Gasteiger partial charge on any atom is -0.481 e. The van der Waals surface area contributed by atoms with Crippen LogP contribution in [0.2, 0.25) is 0 Å². The van der Waals surface area contributed by atoms with E-state index < -0.39 is 30.2 Å². The van der Waals surface area contributed by atoms with Crippen molar-refractivity contribution < 1.29 is 34.1 Å². The van der Waals surface area contributed by atoms with Gasteiger partial charge in [-0.25, -0.2) is 14.0 Å². The first kappa shape index (κ1) is 28.4. The van der Waals surface area contributed by atoms with Crippen LogP contribution in [0, 0.1) is 11.7 Å². The quantitative estimate of drug-likeness (QED) is 0.314. The van der Waals surface area contributed by atoms with Crippen molar-refractivity contribution in [1.29, 1.82) is 0 Å². The number of halogens is 1. The number of carbonyl (C=O) groups is 3. The van der Waals surface area contributed by atoms with Gasteiger partial charge < -0.3 is 25.2 Å². The van der Waals surface area contributed by atoms with Gasteiger partial charge in [0.05, 0.1) is 17.3 Å². The highest BCUT2D eigenvalue weighted by Crippen LogP contribution is 2.22. The molecule has 1 aliphatic rings. The number of carboxylic acids is 2. The molecule has 202 valence electrons. The number of ketones is 1. The highest BCUT2D eigenvalue weighted by molar-refractivity contribution is 5.97. The standard InChI is InChI=1S/C22H22FN3O3.C4H6O5/c23-17-7-5-15(6-8-17)20(27)16-9-11-25(12-10-16)13-14-26-21(28)18-3-1-2-4-19(18)24-22(26)29;5-2(4(8)9)1-3(6)7/h1-8,16H,9-14H2,(H,24,29);2,5H,1H2,(H,6,7)(H,8,9). The van der Waals surface area contributed by atoms with Gasteiger partial charge in [-0.3, -0.25) is 19.0 Å². The van der Waals surface area contributed by atoms with Crippen molar-refractivity contribution in [3.63, 3.8) is 0 Å². The summed E-state index contributed by atoms with van der Waals surface area (Å²) in [6, 6.07) is 12.6. The van der Waals surface area contributed by atoms with Gasteiger partial charge >= 0.3 is 17.6 Å². The first-order valence-electron chi connectivity index (χ1n) is 11.9. The minimum atomic E-state index is -1.79. The van der Waals surface area contributed by atoms with Crippen LogP contribution in [-0.2, 0) is 16.1 Å². The number of aliphatic carboxylic acids is 2. The van der Waals surface area contributed by atoms with E-state index in [0.717, 1.165) is 13.1 Å². The number of hydrogen-bond donors (Lipinski definition) is 4. The molecule has 1 fully saturated rings.